The third kappa shape index (κ3) is 5.17. The van der Waals surface area contributed by atoms with E-state index in [0.29, 0.717) is 34.6 Å². The topological polar surface area (TPSA) is 130 Å². The lowest BCUT2D eigenvalue weighted by molar-refractivity contribution is 0.412. The summed E-state index contributed by atoms with van der Waals surface area (Å²) >= 11 is 5.89. The number of nitrogens with zero attached hydrogens (tertiary/aromatic N) is 7. The molecule has 0 aliphatic rings. The Kier molecular flexibility index (Phi) is 7.51. The molecule has 0 saturated heterocycles. The van der Waals surface area contributed by atoms with Gasteiger partial charge in [-0.1, -0.05) is 36.7 Å². The second-order valence-electron chi connectivity index (χ2n) is 8.81. The van der Waals surface area contributed by atoms with Crippen molar-refractivity contribution in [3.05, 3.63) is 70.5 Å². The lowest BCUT2D eigenvalue weighted by Gasteiger charge is -2.22. The van der Waals surface area contributed by atoms with E-state index >= 15 is 0 Å². The molecule has 0 bridgehead atoms. The average molecular weight is 530 g/mol. The van der Waals surface area contributed by atoms with Crippen molar-refractivity contribution in [3.63, 3.8) is 0 Å². The highest BCUT2D eigenvalue weighted by atomic mass is 35.5. The van der Waals surface area contributed by atoms with Crippen LogP contribution in [0.25, 0.3) is 11.5 Å². The summed E-state index contributed by atoms with van der Waals surface area (Å²) in [6, 6.07) is 5.32. The number of rotatable bonds is 9. The van der Waals surface area contributed by atoms with E-state index in [9.17, 15) is 8.42 Å². The zero-order valence-corrected chi connectivity index (χ0v) is 22.3. The van der Waals surface area contributed by atoms with Crippen molar-refractivity contribution >= 4 is 21.4 Å². The fourth-order valence-electron chi connectivity index (χ4n) is 4.14. The molecule has 4 heterocycles. The Bertz CT molecular complexity index is 1450. The van der Waals surface area contributed by atoms with Crippen LogP contribution in [-0.4, -0.2) is 48.5 Å². The summed E-state index contributed by atoms with van der Waals surface area (Å²) in [5.74, 6) is 0.443. The van der Waals surface area contributed by atoms with Gasteiger partial charge in [0.05, 0.1) is 22.0 Å². The number of halogens is 1. The molecule has 0 aromatic carbocycles. The zero-order chi connectivity index (χ0) is 26.0. The maximum absolute atomic E-state index is 13.6. The minimum absolute atomic E-state index is 0.291. The van der Waals surface area contributed by atoms with E-state index in [0.717, 1.165) is 17.0 Å². The monoisotopic (exact) mass is 529 g/mol. The zero-order valence-electron chi connectivity index (χ0n) is 20.8. The molecule has 190 valence electrons. The highest BCUT2D eigenvalue weighted by Crippen LogP contribution is 2.32. The summed E-state index contributed by atoms with van der Waals surface area (Å²) < 4.78 is 34.2. The Hall–Kier alpha value is -3.18. The van der Waals surface area contributed by atoms with Gasteiger partial charge in [-0.3, -0.25) is 0 Å². The van der Waals surface area contributed by atoms with Gasteiger partial charge in [-0.15, -0.1) is 10.2 Å². The van der Waals surface area contributed by atoms with Crippen LogP contribution >= 0.6 is 11.6 Å². The highest BCUT2D eigenvalue weighted by Gasteiger charge is 2.33. The molecule has 12 heteroatoms. The second kappa shape index (κ2) is 10.4. The molecule has 36 heavy (non-hydrogen) atoms. The van der Waals surface area contributed by atoms with E-state index in [2.05, 4.69) is 30.3 Å². The lowest BCUT2D eigenvalue weighted by Crippen LogP contribution is -2.28. The number of aryl methyl sites for hydroxylation is 2. The van der Waals surface area contributed by atoms with Gasteiger partial charge in [0.1, 0.15) is 29.4 Å². The van der Waals surface area contributed by atoms with Gasteiger partial charge in [0.15, 0.2) is 15.7 Å². The van der Waals surface area contributed by atoms with Crippen molar-refractivity contribution in [1.29, 1.82) is 0 Å². The summed E-state index contributed by atoms with van der Waals surface area (Å²) in [6.07, 6.45) is 5.14. The van der Waals surface area contributed by atoms with Gasteiger partial charge in [-0.25, -0.2) is 23.4 Å². The van der Waals surface area contributed by atoms with Crippen LogP contribution in [0.3, 0.4) is 0 Å². The number of hydrogen-bond acceptors (Lipinski definition) is 9. The van der Waals surface area contributed by atoms with E-state index in [-0.39, 0.29) is 11.8 Å². The van der Waals surface area contributed by atoms with Crippen molar-refractivity contribution in [2.45, 2.75) is 64.0 Å². The fraction of sp³-hybridized carbons (Fsp3) is 0.417. The summed E-state index contributed by atoms with van der Waals surface area (Å²) in [4.78, 5) is 13.0. The third-order valence-corrected chi connectivity index (χ3v) is 8.77. The molecule has 3 atom stereocenters. The molecular formula is C24H28ClN7O3S. The predicted molar refractivity (Wildman–Crippen MR) is 135 cm³/mol. The first-order valence-corrected chi connectivity index (χ1v) is 13.7. The van der Waals surface area contributed by atoms with Crippen molar-refractivity contribution in [2.24, 2.45) is 0 Å². The Morgan fingerprint density at radius 1 is 1.11 bits per heavy atom. The minimum Gasteiger partial charge on any atom is -0.364 e. The molecule has 0 N–H and O–H groups in total. The van der Waals surface area contributed by atoms with Gasteiger partial charge in [0.25, 0.3) is 0 Å². The van der Waals surface area contributed by atoms with Crippen LogP contribution in [0, 0.1) is 13.8 Å². The highest BCUT2D eigenvalue weighted by molar-refractivity contribution is 7.91. The van der Waals surface area contributed by atoms with E-state index in [1.807, 2.05) is 43.5 Å². The standard InChI is InChI=1S/C24H28ClN7O3S/c1-6-21(19-12-35-31-16(19)4)32-22(29-30-24(32)20-9-7-8-14(2)28-20)13-36(33,34)17(5)15(3)23-26-10-18(25)11-27-23/h7-12,15,17,21H,6,13H2,1-5H3/t15-,17-,21+/m0/s1. The largest absolute Gasteiger partial charge is 0.364 e. The first kappa shape index (κ1) is 25.9. The van der Waals surface area contributed by atoms with Gasteiger partial charge in [-0.05, 0) is 39.3 Å². The maximum Gasteiger partial charge on any atom is 0.183 e. The van der Waals surface area contributed by atoms with Crippen LogP contribution in [0.15, 0.2) is 41.4 Å². The molecule has 0 aliphatic carbocycles. The van der Waals surface area contributed by atoms with Crippen molar-refractivity contribution in [3.8, 4) is 11.5 Å². The first-order chi connectivity index (χ1) is 17.1. The molecule has 0 spiro atoms. The van der Waals surface area contributed by atoms with Crippen molar-refractivity contribution in [1.82, 2.24) is 34.9 Å². The van der Waals surface area contributed by atoms with Crippen molar-refractivity contribution in [2.75, 3.05) is 0 Å². The number of pyridine rings is 1. The molecule has 4 rings (SSSR count). The summed E-state index contributed by atoms with van der Waals surface area (Å²) in [5, 5.41) is 12.4. The molecule has 4 aromatic heterocycles. The smallest absolute Gasteiger partial charge is 0.183 e. The van der Waals surface area contributed by atoms with Crippen LogP contribution in [0.4, 0.5) is 0 Å². The van der Waals surface area contributed by atoms with Crippen LogP contribution in [-0.2, 0) is 15.6 Å². The molecule has 10 nitrogen and oxygen atoms in total. The third-order valence-electron chi connectivity index (χ3n) is 6.38. The van der Waals surface area contributed by atoms with Crippen LogP contribution in [0.2, 0.25) is 5.02 Å². The molecular weight excluding hydrogens is 502 g/mol. The van der Waals surface area contributed by atoms with E-state index < -0.39 is 21.0 Å². The lowest BCUT2D eigenvalue weighted by atomic mass is 10.1. The Balaban J connectivity index is 1.76. The van der Waals surface area contributed by atoms with Gasteiger partial charge in [0, 0.05) is 29.6 Å². The predicted octanol–water partition coefficient (Wildman–Crippen LogP) is 4.49. The molecule has 0 aliphatic heterocycles. The van der Waals surface area contributed by atoms with E-state index in [1.54, 1.807) is 20.1 Å². The van der Waals surface area contributed by atoms with Gasteiger partial charge < -0.3 is 9.09 Å². The van der Waals surface area contributed by atoms with Crippen LogP contribution < -0.4 is 0 Å². The number of aromatic nitrogens is 7. The summed E-state index contributed by atoms with van der Waals surface area (Å²) in [7, 11) is -3.69. The maximum atomic E-state index is 13.6. The van der Waals surface area contributed by atoms with Crippen LogP contribution in [0.1, 0.15) is 67.8 Å². The normalized spacial score (nSPS) is 14.5. The van der Waals surface area contributed by atoms with E-state index in [4.69, 9.17) is 16.1 Å². The SMILES string of the molecule is CC[C@H](c1conc1C)n1c(CS(=O)(=O)[C@@H](C)[C@H](C)c2ncc(Cl)cn2)nnc1-c1cccc(C)n1. The fourth-order valence-corrected chi connectivity index (χ4v) is 5.80. The molecule has 0 saturated carbocycles. The van der Waals surface area contributed by atoms with Crippen molar-refractivity contribution < 1.29 is 12.9 Å². The summed E-state index contributed by atoms with van der Waals surface area (Å²) in [5.41, 5.74) is 2.97. The first-order valence-electron chi connectivity index (χ1n) is 11.6. The van der Waals surface area contributed by atoms with Gasteiger partial charge in [-0.2, -0.15) is 0 Å². The number of sulfone groups is 1. The van der Waals surface area contributed by atoms with E-state index in [1.165, 1.54) is 12.4 Å². The van der Waals surface area contributed by atoms with Crippen LogP contribution in [0.5, 0.6) is 0 Å². The van der Waals surface area contributed by atoms with Gasteiger partial charge >= 0.3 is 0 Å². The minimum atomic E-state index is -3.69. The number of hydrogen-bond donors (Lipinski definition) is 0. The average Bonchev–Trinajstić information content (AvgIpc) is 3.45. The Labute approximate surface area is 215 Å². The molecule has 0 amide bonds. The Morgan fingerprint density at radius 2 is 1.83 bits per heavy atom. The molecule has 4 aromatic rings. The molecule has 0 unspecified atom stereocenters. The quantitative estimate of drug-likeness (QED) is 0.307. The molecule has 0 radical (unpaired) electrons. The second-order valence-corrected chi connectivity index (χ2v) is 11.6. The van der Waals surface area contributed by atoms with Gasteiger partial charge in [0.2, 0.25) is 0 Å². The Morgan fingerprint density at radius 3 is 2.44 bits per heavy atom. The molecule has 0 fully saturated rings. The summed E-state index contributed by atoms with van der Waals surface area (Å²) in [6.45, 7) is 9.18.